The lowest BCUT2D eigenvalue weighted by atomic mass is 10.1. The van der Waals surface area contributed by atoms with Crippen LogP contribution in [0.25, 0.3) is 0 Å². The van der Waals surface area contributed by atoms with Crippen LogP contribution in [0.1, 0.15) is 36.0 Å². The largest absolute Gasteiger partial charge is 0.481 e. The highest BCUT2D eigenvalue weighted by Gasteiger charge is 2.38. The molecule has 1 fully saturated rings. The van der Waals surface area contributed by atoms with Crippen molar-refractivity contribution in [1.82, 2.24) is 15.5 Å². The molecule has 1 unspecified atom stereocenters. The lowest BCUT2D eigenvalue weighted by Gasteiger charge is -2.29. The number of anilines is 1. The fourth-order valence-electron chi connectivity index (χ4n) is 3.60. The molecule has 3 atom stereocenters. The molecule has 1 aromatic carbocycles. The quantitative estimate of drug-likeness (QED) is 0.217. The number of hydrogen-bond acceptors (Lipinski definition) is 8. The first-order valence-corrected chi connectivity index (χ1v) is 13.1. The van der Waals surface area contributed by atoms with Gasteiger partial charge in [0.15, 0.2) is 0 Å². The second-order valence-electron chi connectivity index (χ2n) is 8.22. The standard InChI is InChI=1S/C21H27ClN4O8S/c1-35(33,34)8-6-16(25-19(30)12-4-5-15(23)14(22)9-12)21(32)26-7-2-3-17(26)20(31)24-13(11-27)10-18(28)29/h4-5,9,11,13,16-17H,2-3,6-8,10,23H2,1H3,(H,24,31)(H,25,30)(H,28,29)/t13-,16-,17?/m0/s1. The zero-order valence-electron chi connectivity index (χ0n) is 18.9. The van der Waals surface area contributed by atoms with Gasteiger partial charge >= 0.3 is 5.97 Å². The Hall–Kier alpha value is -3.19. The zero-order chi connectivity index (χ0) is 26.3. The fraction of sp³-hybridized carbons (Fsp3) is 0.476. The topological polar surface area (TPSA) is 193 Å². The summed E-state index contributed by atoms with van der Waals surface area (Å²) in [4.78, 5) is 62.0. The smallest absolute Gasteiger partial charge is 0.305 e. The summed E-state index contributed by atoms with van der Waals surface area (Å²) in [7, 11) is -3.48. The Morgan fingerprint density at radius 3 is 2.54 bits per heavy atom. The average molecular weight is 531 g/mol. The molecular formula is C21H27ClN4O8S. The molecule has 14 heteroatoms. The second kappa shape index (κ2) is 12.0. The molecule has 3 amide bonds. The minimum Gasteiger partial charge on any atom is -0.481 e. The molecule has 0 radical (unpaired) electrons. The van der Waals surface area contributed by atoms with Crippen LogP contribution in [-0.4, -0.2) is 85.1 Å². The van der Waals surface area contributed by atoms with Gasteiger partial charge in [-0.1, -0.05) is 11.6 Å². The number of likely N-dealkylation sites (tertiary alicyclic amines) is 1. The third-order valence-corrected chi connectivity index (χ3v) is 6.67. The van der Waals surface area contributed by atoms with E-state index in [9.17, 15) is 32.4 Å². The molecule has 5 N–H and O–H groups in total. The molecule has 1 aliphatic heterocycles. The van der Waals surface area contributed by atoms with E-state index in [2.05, 4.69) is 10.6 Å². The van der Waals surface area contributed by atoms with Crippen LogP contribution in [0.2, 0.25) is 5.02 Å². The molecule has 1 aromatic rings. The molecule has 0 saturated carbocycles. The molecule has 0 aliphatic carbocycles. The number of rotatable bonds is 11. The maximum Gasteiger partial charge on any atom is 0.305 e. The van der Waals surface area contributed by atoms with E-state index in [0.29, 0.717) is 12.7 Å². The van der Waals surface area contributed by atoms with Crippen LogP contribution in [0.5, 0.6) is 0 Å². The van der Waals surface area contributed by atoms with Gasteiger partial charge in [0.25, 0.3) is 5.91 Å². The van der Waals surface area contributed by atoms with Crippen molar-refractivity contribution < 1.29 is 37.5 Å². The van der Waals surface area contributed by atoms with Crippen molar-refractivity contribution in [3.05, 3.63) is 28.8 Å². The molecule has 192 valence electrons. The van der Waals surface area contributed by atoms with Gasteiger partial charge in [-0.2, -0.15) is 0 Å². The third kappa shape index (κ3) is 8.21. The lowest BCUT2D eigenvalue weighted by molar-refractivity contribution is -0.142. The first-order chi connectivity index (χ1) is 16.3. The van der Waals surface area contributed by atoms with Gasteiger partial charge < -0.3 is 31.2 Å². The number of aliphatic carboxylic acids is 1. The van der Waals surface area contributed by atoms with E-state index in [1.807, 2.05) is 0 Å². The number of nitrogens with one attached hydrogen (secondary N) is 2. The minimum absolute atomic E-state index is 0.0968. The summed E-state index contributed by atoms with van der Waals surface area (Å²) in [6.07, 6.45) is 1.11. The second-order valence-corrected chi connectivity index (χ2v) is 10.9. The van der Waals surface area contributed by atoms with Crippen molar-refractivity contribution in [3.8, 4) is 0 Å². The predicted octanol–water partition coefficient (Wildman–Crippen LogP) is -0.395. The number of amides is 3. The predicted molar refractivity (Wildman–Crippen MR) is 126 cm³/mol. The zero-order valence-corrected chi connectivity index (χ0v) is 20.5. The molecule has 1 heterocycles. The Balaban J connectivity index is 2.22. The molecule has 0 spiro atoms. The SMILES string of the molecule is CS(=O)(=O)CC[C@H](NC(=O)c1ccc(N)c(Cl)c1)C(=O)N1CCCC1C(=O)N[C@H](C=O)CC(=O)O. The molecule has 0 bridgehead atoms. The maximum atomic E-state index is 13.3. The van der Waals surface area contributed by atoms with Crippen LogP contribution in [0.4, 0.5) is 5.69 Å². The number of aldehydes is 1. The Bertz CT molecular complexity index is 1110. The number of hydrogen-bond donors (Lipinski definition) is 4. The van der Waals surface area contributed by atoms with E-state index < -0.39 is 63.8 Å². The fourth-order valence-corrected chi connectivity index (χ4v) is 4.45. The van der Waals surface area contributed by atoms with Crippen molar-refractivity contribution >= 4 is 57.1 Å². The van der Waals surface area contributed by atoms with Gasteiger partial charge in [-0.25, -0.2) is 8.42 Å². The van der Waals surface area contributed by atoms with Gasteiger partial charge in [-0.3, -0.25) is 19.2 Å². The van der Waals surface area contributed by atoms with Crippen molar-refractivity contribution in [3.63, 3.8) is 0 Å². The van der Waals surface area contributed by atoms with Crippen LogP contribution in [-0.2, 0) is 29.0 Å². The first kappa shape index (κ1) is 28.1. The van der Waals surface area contributed by atoms with Crippen molar-refractivity contribution in [1.29, 1.82) is 0 Å². The van der Waals surface area contributed by atoms with Crippen molar-refractivity contribution in [2.24, 2.45) is 0 Å². The summed E-state index contributed by atoms with van der Waals surface area (Å²) in [6, 6.07) is 0.548. The molecule has 0 aromatic heterocycles. The van der Waals surface area contributed by atoms with E-state index in [1.54, 1.807) is 0 Å². The van der Waals surface area contributed by atoms with Crippen molar-refractivity contribution in [2.75, 3.05) is 24.3 Å². The third-order valence-electron chi connectivity index (χ3n) is 5.37. The molecule has 1 saturated heterocycles. The van der Waals surface area contributed by atoms with E-state index in [1.165, 1.54) is 23.1 Å². The summed E-state index contributed by atoms with van der Waals surface area (Å²) in [5.41, 5.74) is 5.99. The number of nitrogens with two attached hydrogens (primary N) is 1. The number of carbonyl (C=O) groups is 5. The van der Waals surface area contributed by atoms with E-state index in [0.717, 1.165) is 6.26 Å². The van der Waals surface area contributed by atoms with E-state index in [-0.39, 0.29) is 35.7 Å². The van der Waals surface area contributed by atoms with Crippen LogP contribution in [0, 0.1) is 0 Å². The van der Waals surface area contributed by atoms with Crippen LogP contribution >= 0.6 is 11.6 Å². The highest BCUT2D eigenvalue weighted by molar-refractivity contribution is 7.90. The summed E-state index contributed by atoms with van der Waals surface area (Å²) >= 11 is 5.96. The molecule has 12 nitrogen and oxygen atoms in total. The number of carbonyl (C=O) groups excluding carboxylic acids is 4. The van der Waals surface area contributed by atoms with Gasteiger partial charge in [0.1, 0.15) is 28.2 Å². The average Bonchev–Trinajstić information content (AvgIpc) is 3.26. The van der Waals surface area contributed by atoms with E-state index in [4.69, 9.17) is 22.4 Å². The number of nitrogen functional groups attached to an aromatic ring is 1. The van der Waals surface area contributed by atoms with Crippen LogP contribution in [0.15, 0.2) is 18.2 Å². The van der Waals surface area contributed by atoms with Gasteiger partial charge in [0.05, 0.1) is 28.9 Å². The van der Waals surface area contributed by atoms with Gasteiger partial charge in [-0.05, 0) is 37.5 Å². The monoisotopic (exact) mass is 530 g/mol. The van der Waals surface area contributed by atoms with Crippen LogP contribution < -0.4 is 16.4 Å². The summed E-state index contributed by atoms with van der Waals surface area (Å²) in [5.74, 6) is -3.77. The molecule has 2 rings (SSSR count). The minimum atomic E-state index is -3.48. The number of sulfone groups is 1. The number of nitrogens with zero attached hydrogens (tertiary/aromatic N) is 1. The summed E-state index contributed by atoms with van der Waals surface area (Å²) < 4.78 is 23.4. The van der Waals surface area contributed by atoms with Crippen molar-refractivity contribution in [2.45, 2.75) is 43.8 Å². The van der Waals surface area contributed by atoms with Gasteiger partial charge in [0.2, 0.25) is 11.8 Å². The Morgan fingerprint density at radius 2 is 1.97 bits per heavy atom. The first-order valence-electron chi connectivity index (χ1n) is 10.6. The summed E-state index contributed by atoms with van der Waals surface area (Å²) in [6.45, 7) is 0.153. The van der Waals surface area contributed by atoms with Gasteiger partial charge in [-0.15, -0.1) is 0 Å². The highest BCUT2D eigenvalue weighted by atomic mass is 35.5. The normalized spacial score (nSPS) is 17.3. The number of carboxylic acids is 1. The Kier molecular flexibility index (Phi) is 9.60. The maximum absolute atomic E-state index is 13.3. The van der Waals surface area contributed by atoms with E-state index >= 15 is 0 Å². The van der Waals surface area contributed by atoms with Gasteiger partial charge in [0, 0.05) is 18.4 Å². The summed E-state index contributed by atoms with van der Waals surface area (Å²) in [5, 5.41) is 13.8. The Morgan fingerprint density at radius 1 is 1.29 bits per heavy atom. The van der Waals surface area contributed by atoms with Crippen LogP contribution in [0.3, 0.4) is 0 Å². The molecular weight excluding hydrogens is 504 g/mol. The number of benzene rings is 1. The Labute approximate surface area is 207 Å². The number of carboxylic acid groups (broad SMARTS) is 1. The lowest BCUT2D eigenvalue weighted by Crippen LogP contribution is -2.55. The molecule has 1 aliphatic rings. The number of halogens is 1. The highest BCUT2D eigenvalue weighted by Crippen LogP contribution is 2.22. The molecule has 35 heavy (non-hydrogen) atoms.